The van der Waals surface area contributed by atoms with E-state index in [0.717, 1.165) is 16.4 Å². The first-order valence-corrected chi connectivity index (χ1v) is 11.7. The minimum absolute atomic E-state index is 0.0952. The number of rotatable bonds is 7. The second-order valence-electron chi connectivity index (χ2n) is 7.77. The maximum absolute atomic E-state index is 13.3. The highest BCUT2D eigenvalue weighted by molar-refractivity contribution is 7.81. The van der Waals surface area contributed by atoms with Crippen molar-refractivity contribution in [3.8, 4) is 22.6 Å². The van der Waals surface area contributed by atoms with E-state index >= 15 is 0 Å². The molecule has 4 aromatic carbocycles. The lowest BCUT2D eigenvalue weighted by Gasteiger charge is -2.21. The number of benzene rings is 4. The first kappa shape index (κ1) is 25.4. The molecule has 0 spiro atoms. The molecule has 0 fully saturated rings. The molecule has 9 nitrogen and oxygen atoms in total. The van der Waals surface area contributed by atoms with Crippen LogP contribution < -0.4 is 9.62 Å². The second-order valence-corrected chi connectivity index (χ2v) is 8.60. The number of carbonyl (C=O) groups excluding carboxylic acids is 1. The van der Waals surface area contributed by atoms with Crippen molar-refractivity contribution in [1.29, 1.82) is 0 Å². The summed E-state index contributed by atoms with van der Waals surface area (Å²) < 4.78 is 36.0. The topological polar surface area (TPSA) is 147 Å². The number of hydrogen-bond acceptors (Lipinski definition) is 5. The number of phenols is 2. The predicted molar refractivity (Wildman–Crippen MR) is 136 cm³/mol. The fraction of sp³-hybridized carbons (Fsp3) is 0. The number of nitrogens with zero attached hydrogens (tertiary/aromatic N) is 1. The van der Waals surface area contributed by atoms with Crippen molar-refractivity contribution in [3.63, 3.8) is 0 Å². The summed E-state index contributed by atoms with van der Waals surface area (Å²) in [7, 11) is 0. The van der Waals surface area contributed by atoms with Crippen molar-refractivity contribution >= 4 is 40.2 Å². The van der Waals surface area contributed by atoms with Crippen LogP contribution in [-0.4, -0.2) is 36.0 Å². The first-order valence-electron chi connectivity index (χ1n) is 10.6. The molecule has 0 aliphatic carbocycles. The molecule has 1 amide bonds. The van der Waals surface area contributed by atoms with Crippen LogP contribution in [0.4, 0.5) is 21.5 Å². The Morgan fingerprint density at radius 2 is 1.43 bits per heavy atom. The highest BCUT2D eigenvalue weighted by Crippen LogP contribution is 2.36. The Kier molecular flexibility index (Phi) is 7.18. The van der Waals surface area contributed by atoms with Crippen LogP contribution in [0.15, 0.2) is 84.9 Å². The van der Waals surface area contributed by atoms with Crippen LogP contribution in [-0.2, 0) is 11.3 Å². The molecule has 5 N–H and O–H groups in total. The predicted octanol–water partition coefficient (Wildman–Crippen LogP) is 5.13. The summed E-state index contributed by atoms with van der Waals surface area (Å²) in [4.78, 5) is 24.1. The van der Waals surface area contributed by atoms with Gasteiger partial charge in [-0.3, -0.25) is 9.35 Å². The van der Waals surface area contributed by atoms with Crippen LogP contribution in [0.3, 0.4) is 0 Å². The van der Waals surface area contributed by atoms with E-state index in [4.69, 9.17) is 0 Å². The molecule has 0 aliphatic rings. The quantitative estimate of drug-likeness (QED) is 0.167. The molecule has 37 heavy (non-hydrogen) atoms. The zero-order valence-corrected chi connectivity index (χ0v) is 19.6. The molecule has 188 valence electrons. The number of anilines is 3. The lowest BCUT2D eigenvalue weighted by Crippen LogP contribution is -2.20. The first-order chi connectivity index (χ1) is 17.6. The Morgan fingerprint density at radius 3 is 2.05 bits per heavy atom. The Balaban J connectivity index is 1.57. The van der Waals surface area contributed by atoms with Gasteiger partial charge < -0.3 is 20.6 Å². The molecule has 0 aromatic heterocycles. The summed E-state index contributed by atoms with van der Waals surface area (Å²) in [6.07, 6.45) is 0. The highest BCUT2D eigenvalue weighted by Gasteiger charge is 2.20. The van der Waals surface area contributed by atoms with Gasteiger partial charge in [-0.05, 0) is 77.9 Å². The fourth-order valence-corrected chi connectivity index (χ4v) is 4.17. The van der Waals surface area contributed by atoms with Crippen LogP contribution in [0.5, 0.6) is 11.5 Å². The molecule has 0 saturated heterocycles. The van der Waals surface area contributed by atoms with Gasteiger partial charge in [0.25, 0.3) is 17.2 Å². The number of amides is 1. The lowest BCUT2D eigenvalue weighted by molar-refractivity contribution is 0.0693. The normalized spacial score (nSPS) is 11.5. The summed E-state index contributed by atoms with van der Waals surface area (Å²) in [6.45, 7) is 0. The van der Waals surface area contributed by atoms with Gasteiger partial charge in [0.15, 0.2) is 0 Å². The standard InChI is InChI=1S/C26H19FN2O7S/c27-18-6-9-20(10-7-18)29(37(35)36)22-14-19(8-12-24(22)31)28-25(32)16-3-1-15(2-4-16)17-5-11-23(30)21(13-17)26(33)34/h1-14,30-31H,(H,28,32)(H,33,34)(H,35,36). The Hall–Kier alpha value is -4.74. The average molecular weight is 523 g/mol. The molecular weight excluding hydrogens is 503 g/mol. The van der Waals surface area contributed by atoms with Crippen LogP contribution in [0, 0.1) is 5.82 Å². The third kappa shape index (κ3) is 5.58. The van der Waals surface area contributed by atoms with E-state index in [1.165, 1.54) is 54.6 Å². The molecule has 1 unspecified atom stereocenters. The monoisotopic (exact) mass is 522 g/mol. The van der Waals surface area contributed by atoms with E-state index in [9.17, 15) is 38.1 Å². The van der Waals surface area contributed by atoms with Gasteiger partial charge in [0.1, 0.15) is 28.6 Å². The number of halogens is 1. The number of nitrogens with one attached hydrogen (secondary N) is 1. The Morgan fingerprint density at radius 1 is 0.811 bits per heavy atom. The van der Waals surface area contributed by atoms with E-state index in [-0.39, 0.29) is 39.7 Å². The molecule has 1 atom stereocenters. The molecule has 4 aromatic rings. The van der Waals surface area contributed by atoms with Crippen LogP contribution in [0.25, 0.3) is 11.1 Å². The van der Waals surface area contributed by atoms with E-state index in [0.29, 0.717) is 11.1 Å². The number of carbonyl (C=O) groups is 2. The molecule has 0 saturated carbocycles. The van der Waals surface area contributed by atoms with Crippen molar-refractivity contribution < 1.29 is 38.1 Å². The number of aromatic carboxylic acids is 1. The maximum atomic E-state index is 13.3. The number of phenolic OH excluding ortho intramolecular Hbond substituents is 1. The van der Waals surface area contributed by atoms with Crippen LogP contribution >= 0.6 is 0 Å². The molecule has 11 heteroatoms. The summed E-state index contributed by atoms with van der Waals surface area (Å²) in [5.74, 6) is -3.03. The van der Waals surface area contributed by atoms with Gasteiger partial charge in [0, 0.05) is 11.3 Å². The number of carboxylic acid groups (broad SMARTS) is 1. The zero-order valence-electron chi connectivity index (χ0n) is 18.8. The van der Waals surface area contributed by atoms with Gasteiger partial charge in [-0.25, -0.2) is 17.7 Å². The maximum Gasteiger partial charge on any atom is 0.339 e. The Bertz CT molecular complexity index is 1510. The fourth-order valence-electron chi connectivity index (χ4n) is 3.56. The average Bonchev–Trinajstić information content (AvgIpc) is 2.87. The minimum atomic E-state index is -2.62. The van der Waals surface area contributed by atoms with Crippen LogP contribution in [0.1, 0.15) is 20.7 Å². The summed E-state index contributed by atoms with van der Waals surface area (Å²) in [6, 6.07) is 19.1. The van der Waals surface area contributed by atoms with Gasteiger partial charge in [0.2, 0.25) is 0 Å². The lowest BCUT2D eigenvalue weighted by atomic mass is 10.0. The van der Waals surface area contributed by atoms with E-state index < -0.39 is 29.0 Å². The van der Waals surface area contributed by atoms with E-state index in [1.54, 1.807) is 18.2 Å². The van der Waals surface area contributed by atoms with Crippen molar-refractivity contribution in [1.82, 2.24) is 0 Å². The van der Waals surface area contributed by atoms with Gasteiger partial charge >= 0.3 is 5.97 Å². The third-order valence-electron chi connectivity index (χ3n) is 5.38. The summed E-state index contributed by atoms with van der Waals surface area (Å²) >= 11 is -2.62. The number of aromatic hydroxyl groups is 2. The van der Waals surface area contributed by atoms with Crippen molar-refractivity contribution in [2.75, 3.05) is 9.62 Å². The number of hydrogen-bond donors (Lipinski definition) is 5. The van der Waals surface area contributed by atoms with Gasteiger partial charge in [-0.1, -0.05) is 18.2 Å². The van der Waals surface area contributed by atoms with E-state index in [2.05, 4.69) is 5.32 Å². The Labute approximate surface area is 212 Å². The molecular formula is C26H19FN2O7S. The number of carboxylic acids is 1. The molecule has 0 heterocycles. The summed E-state index contributed by atoms with van der Waals surface area (Å²) in [5, 5.41) is 31.8. The van der Waals surface area contributed by atoms with Gasteiger partial charge in [-0.15, -0.1) is 0 Å². The molecule has 0 radical (unpaired) electrons. The molecule has 0 bridgehead atoms. The van der Waals surface area contributed by atoms with Crippen LogP contribution in [0.2, 0.25) is 0 Å². The second kappa shape index (κ2) is 10.5. The smallest absolute Gasteiger partial charge is 0.339 e. The van der Waals surface area contributed by atoms with Crippen molar-refractivity contribution in [3.05, 3.63) is 102 Å². The van der Waals surface area contributed by atoms with Crippen molar-refractivity contribution in [2.45, 2.75) is 0 Å². The minimum Gasteiger partial charge on any atom is -0.507 e. The molecule has 0 aliphatic heterocycles. The third-order valence-corrected chi connectivity index (χ3v) is 6.10. The zero-order chi connectivity index (χ0) is 26.7. The highest BCUT2D eigenvalue weighted by atomic mass is 32.2. The summed E-state index contributed by atoms with van der Waals surface area (Å²) in [5.41, 5.74) is 1.41. The van der Waals surface area contributed by atoms with Gasteiger partial charge in [0.05, 0.1) is 5.69 Å². The van der Waals surface area contributed by atoms with Gasteiger partial charge in [-0.2, -0.15) is 0 Å². The SMILES string of the molecule is O=C(Nc1ccc(O)c(N(c2ccc(F)cc2)S(=O)O)c1)c1ccc(-c2ccc(O)c(C(=O)O)c2)cc1. The largest absolute Gasteiger partial charge is 0.507 e. The molecule has 4 rings (SSSR count). The van der Waals surface area contributed by atoms with Crippen molar-refractivity contribution in [2.24, 2.45) is 0 Å². The van der Waals surface area contributed by atoms with E-state index in [1.807, 2.05) is 0 Å².